The molecule has 1 aromatic rings. The van der Waals surface area contributed by atoms with E-state index in [0.29, 0.717) is 29.4 Å². The van der Waals surface area contributed by atoms with Gasteiger partial charge in [0.2, 0.25) is 5.91 Å². The fraction of sp³-hybridized carbons (Fsp3) is 0.385. The molecule has 0 unspecified atom stereocenters. The number of amides is 1. The number of hydrogen-bond acceptors (Lipinski definition) is 5. The van der Waals surface area contributed by atoms with Crippen molar-refractivity contribution in [2.45, 2.75) is 6.42 Å². The van der Waals surface area contributed by atoms with Gasteiger partial charge in [-0.25, -0.2) is 0 Å². The first-order chi connectivity index (χ1) is 9.55. The molecule has 0 radical (unpaired) electrons. The summed E-state index contributed by atoms with van der Waals surface area (Å²) in [6.45, 7) is 0.151. The fourth-order valence-electron chi connectivity index (χ4n) is 2.13. The van der Waals surface area contributed by atoms with Gasteiger partial charge in [0.05, 0.1) is 25.6 Å². The second-order valence-electron chi connectivity index (χ2n) is 4.34. The van der Waals surface area contributed by atoms with Crippen molar-refractivity contribution in [2.75, 3.05) is 37.5 Å². The zero-order valence-corrected chi connectivity index (χ0v) is 11.3. The van der Waals surface area contributed by atoms with Crippen molar-refractivity contribution in [1.29, 1.82) is 0 Å². The standard InChI is InChI=1S/C13H16N2O5/c1-19-10-5-8-9(6-11(10)20-2)15(7-13(17)18)4-3-12(16)14-8/h5-6H,3-4,7H2,1-2H3,(H,14,16)(H,17,18). The molecule has 0 aliphatic carbocycles. The summed E-state index contributed by atoms with van der Waals surface area (Å²) in [5.41, 5.74) is 1.13. The number of methoxy groups -OCH3 is 2. The van der Waals surface area contributed by atoms with Gasteiger partial charge >= 0.3 is 5.97 Å². The highest BCUT2D eigenvalue weighted by Gasteiger charge is 2.23. The number of carbonyl (C=O) groups excluding carboxylic acids is 1. The molecule has 2 N–H and O–H groups in total. The van der Waals surface area contributed by atoms with Crippen LogP contribution in [0.1, 0.15) is 6.42 Å². The van der Waals surface area contributed by atoms with Crippen LogP contribution in [0.4, 0.5) is 11.4 Å². The summed E-state index contributed by atoms with van der Waals surface area (Å²) in [6, 6.07) is 3.30. The minimum Gasteiger partial charge on any atom is -0.493 e. The van der Waals surface area contributed by atoms with Gasteiger partial charge in [0.1, 0.15) is 6.54 Å². The molecule has 1 aromatic carbocycles. The summed E-state index contributed by atoms with van der Waals surface area (Å²) >= 11 is 0. The molecular weight excluding hydrogens is 264 g/mol. The molecule has 1 aliphatic heterocycles. The minimum atomic E-state index is -0.958. The molecule has 0 fully saturated rings. The lowest BCUT2D eigenvalue weighted by molar-refractivity contribution is -0.135. The number of fused-ring (bicyclic) bond motifs is 1. The number of carbonyl (C=O) groups is 2. The average Bonchev–Trinajstić information content (AvgIpc) is 2.56. The molecule has 0 aromatic heterocycles. The lowest BCUT2D eigenvalue weighted by atomic mass is 10.2. The maximum Gasteiger partial charge on any atom is 0.323 e. The number of aliphatic carboxylic acids is 1. The van der Waals surface area contributed by atoms with E-state index in [1.165, 1.54) is 14.2 Å². The monoisotopic (exact) mass is 280 g/mol. The largest absolute Gasteiger partial charge is 0.493 e. The van der Waals surface area contributed by atoms with Crippen molar-refractivity contribution in [3.63, 3.8) is 0 Å². The third-order valence-electron chi connectivity index (χ3n) is 3.05. The third-order valence-corrected chi connectivity index (χ3v) is 3.05. The molecule has 1 amide bonds. The Morgan fingerprint density at radius 3 is 2.60 bits per heavy atom. The second-order valence-corrected chi connectivity index (χ2v) is 4.34. The van der Waals surface area contributed by atoms with Crippen LogP contribution in [0.2, 0.25) is 0 Å². The van der Waals surface area contributed by atoms with E-state index in [0.717, 1.165) is 0 Å². The number of ether oxygens (including phenoxy) is 2. The van der Waals surface area contributed by atoms with Crippen molar-refractivity contribution in [3.8, 4) is 11.5 Å². The van der Waals surface area contributed by atoms with E-state index in [4.69, 9.17) is 14.6 Å². The molecule has 0 saturated heterocycles. The predicted molar refractivity (Wildman–Crippen MR) is 72.6 cm³/mol. The topological polar surface area (TPSA) is 88.1 Å². The molecular formula is C13H16N2O5. The lowest BCUT2D eigenvalue weighted by Gasteiger charge is -2.23. The van der Waals surface area contributed by atoms with Gasteiger partial charge in [0, 0.05) is 25.1 Å². The van der Waals surface area contributed by atoms with Crippen LogP contribution in [-0.4, -0.2) is 44.3 Å². The van der Waals surface area contributed by atoms with Gasteiger partial charge in [-0.3, -0.25) is 9.59 Å². The number of benzene rings is 1. The molecule has 20 heavy (non-hydrogen) atoms. The van der Waals surface area contributed by atoms with E-state index in [2.05, 4.69) is 5.32 Å². The van der Waals surface area contributed by atoms with Gasteiger partial charge in [-0.05, 0) is 0 Å². The minimum absolute atomic E-state index is 0.161. The lowest BCUT2D eigenvalue weighted by Crippen LogP contribution is -2.30. The Morgan fingerprint density at radius 1 is 1.35 bits per heavy atom. The quantitative estimate of drug-likeness (QED) is 0.853. The van der Waals surface area contributed by atoms with Gasteiger partial charge in [0.15, 0.2) is 11.5 Å². The van der Waals surface area contributed by atoms with Crippen molar-refractivity contribution >= 4 is 23.3 Å². The maximum atomic E-state index is 11.7. The van der Waals surface area contributed by atoms with Gasteiger partial charge < -0.3 is 24.8 Å². The molecule has 108 valence electrons. The van der Waals surface area contributed by atoms with Crippen molar-refractivity contribution in [2.24, 2.45) is 0 Å². The Morgan fingerprint density at radius 2 is 2.00 bits per heavy atom. The van der Waals surface area contributed by atoms with Crippen LogP contribution < -0.4 is 19.7 Å². The van der Waals surface area contributed by atoms with E-state index >= 15 is 0 Å². The zero-order valence-electron chi connectivity index (χ0n) is 11.3. The summed E-state index contributed by atoms with van der Waals surface area (Å²) in [5, 5.41) is 11.7. The van der Waals surface area contributed by atoms with Crippen LogP contribution >= 0.6 is 0 Å². The zero-order chi connectivity index (χ0) is 14.7. The Hall–Kier alpha value is -2.44. The Labute approximate surface area is 116 Å². The van der Waals surface area contributed by atoms with Crippen LogP contribution in [0, 0.1) is 0 Å². The first-order valence-corrected chi connectivity index (χ1v) is 6.07. The summed E-state index contributed by atoms with van der Waals surface area (Å²) in [7, 11) is 3.00. The summed E-state index contributed by atoms with van der Waals surface area (Å²) in [5.74, 6) is -0.159. The Bertz CT molecular complexity index is 544. The van der Waals surface area contributed by atoms with Crippen LogP contribution in [0.15, 0.2) is 12.1 Å². The molecule has 1 heterocycles. The molecule has 0 saturated carbocycles. The predicted octanol–water partition coefficient (Wildman–Crippen LogP) is 0.937. The Balaban J connectivity index is 2.49. The first-order valence-electron chi connectivity index (χ1n) is 6.07. The highest BCUT2D eigenvalue weighted by atomic mass is 16.5. The number of rotatable bonds is 4. The second kappa shape index (κ2) is 5.68. The number of anilines is 2. The van der Waals surface area contributed by atoms with Crippen LogP contribution in [0.5, 0.6) is 11.5 Å². The normalized spacial score (nSPS) is 14.1. The molecule has 2 rings (SSSR count). The average molecular weight is 280 g/mol. The number of hydrogen-bond donors (Lipinski definition) is 2. The van der Waals surface area contributed by atoms with E-state index in [1.807, 2.05) is 0 Å². The smallest absolute Gasteiger partial charge is 0.323 e. The molecule has 0 bridgehead atoms. The number of nitrogens with one attached hydrogen (secondary N) is 1. The highest BCUT2D eigenvalue weighted by molar-refractivity contribution is 5.97. The molecule has 0 atom stereocenters. The van der Waals surface area contributed by atoms with Crippen molar-refractivity contribution < 1.29 is 24.2 Å². The summed E-state index contributed by atoms with van der Waals surface area (Å²) in [4.78, 5) is 24.2. The molecule has 1 aliphatic rings. The first kappa shape index (κ1) is 14.0. The van der Waals surface area contributed by atoms with E-state index in [9.17, 15) is 9.59 Å². The van der Waals surface area contributed by atoms with E-state index in [1.54, 1.807) is 17.0 Å². The van der Waals surface area contributed by atoms with Crippen molar-refractivity contribution in [1.82, 2.24) is 0 Å². The van der Waals surface area contributed by atoms with Gasteiger partial charge in [-0.1, -0.05) is 0 Å². The molecule has 7 heteroatoms. The van der Waals surface area contributed by atoms with Crippen molar-refractivity contribution in [3.05, 3.63) is 12.1 Å². The van der Waals surface area contributed by atoms with Crippen LogP contribution in [0.25, 0.3) is 0 Å². The van der Waals surface area contributed by atoms with E-state index < -0.39 is 5.97 Å². The summed E-state index contributed by atoms with van der Waals surface area (Å²) in [6.07, 6.45) is 0.229. The molecule has 0 spiro atoms. The summed E-state index contributed by atoms with van der Waals surface area (Å²) < 4.78 is 10.4. The number of nitrogens with zero attached hydrogens (tertiary/aromatic N) is 1. The SMILES string of the molecule is COc1cc2c(cc1OC)N(CC(=O)O)CCC(=O)N2. The number of carboxylic acid groups (broad SMARTS) is 1. The van der Waals surface area contributed by atoms with Crippen LogP contribution in [-0.2, 0) is 9.59 Å². The molecule has 7 nitrogen and oxygen atoms in total. The van der Waals surface area contributed by atoms with Crippen LogP contribution in [0.3, 0.4) is 0 Å². The van der Waals surface area contributed by atoms with Gasteiger partial charge in [-0.15, -0.1) is 0 Å². The van der Waals surface area contributed by atoms with E-state index in [-0.39, 0.29) is 18.9 Å². The van der Waals surface area contributed by atoms with Gasteiger partial charge in [0.25, 0.3) is 0 Å². The maximum absolute atomic E-state index is 11.7. The van der Waals surface area contributed by atoms with Gasteiger partial charge in [-0.2, -0.15) is 0 Å². The Kier molecular flexibility index (Phi) is 3.97. The third kappa shape index (κ3) is 2.76. The number of carboxylic acids is 1. The highest BCUT2D eigenvalue weighted by Crippen LogP contribution is 2.39. The fourth-order valence-corrected chi connectivity index (χ4v) is 2.13.